The van der Waals surface area contributed by atoms with Crippen molar-refractivity contribution < 1.29 is 19.2 Å². The third-order valence-electron chi connectivity index (χ3n) is 5.73. The van der Waals surface area contributed by atoms with E-state index in [0.29, 0.717) is 19.0 Å². The molecule has 3 rings (SSSR count). The summed E-state index contributed by atoms with van der Waals surface area (Å²) in [4.78, 5) is 31.4. The van der Waals surface area contributed by atoms with Crippen molar-refractivity contribution in [3.63, 3.8) is 0 Å². The van der Waals surface area contributed by atoms with Crippen LogP contribution in [0.4, 0.5) is 4.79 Å². The van der Waals surface area contributed by atoms with E-state index in [2.05, 4.69) is 11.9 Å². The summed E-state index contributed by atoms with van der Waals surface area (Å²) in [7, 11) is 2.10. The lowest BCUT2D eigenvalue weighted by atomic mass is 9.88. The van der Waals surface area contributed by atoms with Gasteiger partial charge in [-0.15, -0.1) is 5.06 Å². The van der Waals surface area contributed by atoms with E-state index in [1.165, 1.54) is 5.06 Å². The maximum absolute atomic E-state index is 12.8. The van der Waals surface area contributed by atoms with Gasteiger partial charge in [0.1, 0.15) is 5.54 Å². The van der Waals surface area contributed by atoms with Gasteiger partial charge < -0.3 is 14.5 Å². The molecule has 26 heavy (non-hydrogen) atoms. The van der Waals surface area contributed by atoms with Gasteiger partial charge in [0.05, 0.1) is 6.61 Å². The van der Waals surface area contributed by atoms with Crippen LogP contribution in [0.2, 0.25) is 0 Å². The number of piperidine rings is 1. The Kier molecular flexibility index (Phi) is 6.14. The zero-order valence-corrected chi connectivity index (χ0v) is 15.4. The Bertz CT molecular complexity index is 593. The summed E-state index contributed by atoms with van der Waals surface area (Å²) in [5, 5.41) is 1.18. The molecule has 1 saturated heterocycles. The van der Waals surface area contributed by atoms with Crippen molar-refractivity contribution in [3.8, 4) is 0 Å². The lowest BCUT2D eigenvalue weighted by Crippen LogP contribution is -2.48. The number of rotatable bonds is 6. The van der Waals surface area contributed by atoms with Crippen LogP contribution in [0.3, 0.4) is 0 Å². The smallest absolute Gasteiger partial charge is 0.444 e. The van der Waals surface area contributed by atoms with E-state index in [4.69, 9.17) is 9.57 Å². The number of hydrogen-bond donors (Lipinski definition) is 0. The first-order chi connectivity index (χ1) is 12.7. The number of benzene rings is 1. The molecule has 1 aromatic rings. The number of carbonyl (C=O) groups is 2. The first-order valence-electron chi connectivity index (χ1n) is 9.47. The highest BCUT2D eigenvalue weighted by Gasteiger charge is 2.46. The molecule has 1 amide bonds. The highest BCUT2D eigenvalue weighted by molar-refractivity contribution is 5.69. The predicted molar refractivity (Wildman–Crippen MR) is 97.1 cm³/mol. The van der Waals surface area contributed by atoms with E-state index in [0.717, 1.165) is 57.2 Å². The molecule has 1 aliphatic carbocycles. The monoisotopic (exact) mass is 360 g/mol. The maximum Gasteiger partial charge on any atom is 0.444 e. The van der Waals surface area contributed by atoms with Crippen LogP contribution in [-0.4, -0.2) is 49.3 Å². The molecule has 0 aromatic heterocycles. The molecular weight excluding hydrogens is 332 g/mol. The molecule has 6 heteroatoms. The maximum atomic E-state index is 12.8. The molecule has 6 nitrogen and oxygen atoms in total. The summed E-state index contributed by atoms with van der Waals surface area (Å²) in [6.07, 6.45) is 4.94. The number of carbonyl (C=O) groups excluding carboxylic acids is 2. The van der Waals surface area contributed by atoms with E-state index in [1.54, 1.807) is 0 Å². The average Bonchev–Trinajstić information content (AvgIpc) is 3.17. The van der Waals surface area contributed by atoms with Crippen LogP contribution in [0.25, 0.3) is 0 Å². The van der Waals surface area contributed by atoms with E-state index in [-0.39, 0.29) is 0 Å². The zero-order valence-electron chi connectivity index (χ0n) is 15.4. The quantitative estimate of drug-likeness (QED) is 0.575. The number of likely N-dealkylation sites (tertiary alicyclic amines) is 1. The van der Waals surface area contributed by atoms with Crippen molar-refractivity contribution in [2.75, 3.05) is 26.7 Å². The number of hydroxylamine groups is 2. The number of amides is 1. The van der Waals surface area contributed by atoms with Gasteiger partial charge in [0.2, 0.25) is 0 Å². The summed E-state index contributed by atoms with van der Waals surface area (Å²) >= 11 is 0. The minimum absolute atomic E-state index is 0.319. The second kappa shape index (κ2) is 8.54. The Morgan fingerprint density at radius 1 is 1.23 bits per heavy atom. The number of ether oxygens (including phenoxy) is 1. The summed E-state index contributed by atoms with van der Waals surface area (Å²) in [5.74, 6) is 0.365. The lowest BCUT2D eigenvalue weighted by molar-refractivity contribution is -0.194. The fourth-order valence-corrected chi connectivity index (χ4v) is 4.16. The summed E-state index contributed by atoms with van der Waals surface area (Å²) < 4.78 is 5.57. The molecule has 2 fully saturated rings. The first-order valence-corrected chi connectivity index (χ1v) is 9.47. The summed E-state index contributed by atoms with van der Waals surface area (Å²) in [5.41, 5.74) is 0.349. The topological polar surface area (TPSA) is 59.1 Å². The minimum Gasteiger partial charge on any atom is -0.447 e. The van der Waals surface area contributed by atoms with Crippen molar-refractivity contribution in [2.45, 2.75) is 44.1 Å². The van der Waals surface area contributed by atoms with E-state index in [1.807, 2.05) is 30.3 Å². The van der Waals surface area contributed by atoms with Crippen molar-refractivity contribution in [1.82, 2.24) is 9.96 Å². The van der Waals surface area contributed by atoms with Gasteiger partial charge in [-0.25, -0.2) is 4.79 Å². The van der Waals surface area contributed by atoms with Crippen LogP contribution in [0.5, 0.6) is 0 Å². The minimum atomic E-state index is -0.633. The number of nitrogens with zero attached hydrogens (tertiary/aromatic N) is 2. The summed E-state index contributed by atoms with van der Waals surface area (Å²) in [6, 6.07) is 9.79. The molecule has 142 valence electrons. The Balaban J connectivity index is 1.72. The Morgan fingerprint density at radius 2 is 1.88 bits per heavy atom. The van der Waals surface area contributed by atoms with Crippen molar-refractivity contribution in [2.24, 2.45) is 5.92 Å². The van der Waals surface area contributed by atoms with Crippen LogP contribution in [0.1, 0.15) is 44.1 Å². The molecule has 2 aliphatic rings. The molecule has 1 saturated carbocycles. The lowest BCUT2D eigenvalue weighted by Gasteiger charge is -2.38. The predicted octanol–water partition coefficient (Wildman–Crippen LogP) is 3.32. The molecule has 0 bridgehead atoms. The molecule has 1 heterocycles. The van der Waals surface area contributed by atoms with Gasteiger partial charge in [-0.1, -0.05) is 43.2 Å². The van der Waals surface area contributed by atoms with Gasteiger partial charge in [0.25, 0.3) is 0 Å². The molecule has 0 atom stereocenters. The largest absolute Gasteiger partial charge is 0.447 e. The normalized spacial score (nSPS) is 20.5. The molecule has 1 aliphatic heterocycles. The molecule has 0 radical (unpaired) electrons. The van der Waals surface area contributed by atoms with Crippen LogP contribution in [0, 0.1) is 5.92 Å². The van der Waals surface area contributed by atoms with Crippen LogP contribution in [0.15, 0.2) is 30.3 Å². The molecule has 0 N–H and O–H groups in total. The van der Waals surface area contributed by atoms with Crippen molar-refractivity contribution >= 4 is 12.6 Å². The van der Waals surface area contributed by atoms with Gasteiger partial charge in [0.15, 0.2) is 0 Å². The molecule has 0 unspecified atom stereocenters. The summed E-state index contributed by atoms with van der Waals surface area (Å²) in [6.45, 7) is 2.73. The zero-order chi connectivity index (χ0) is 18.4. The van der Waals surface area contributed by atoms with E-state index >= 15 is 0 Å². The van der Waals surface area contributed by atoms with E-state index in [9.17, 15) is 9.59 Å². The second-order valence-corrected chi connectivity index (χ2v) is 7.42. The third kappa shape index (κ3) is 4.01. The van der Waals surface area contributed by atoms with Crippen LogP contribution >= 0.6 is 0 Å². The standard InChI is InChI=1S/C20H28N2O4/c1-21-13-9-17(10-14-21)15-25-19(24)22(26-16-23)20(11-5-6-12-20)18-7-3-2-4-8-18/h2-4,7-8,16-17H,5-6,9-15H2,1H3. The molecular formula is C20H28N2O4. The van der Waals surface area contributed by atoms with Gasteiger partial charge >= 0.3 is 12.6 Å². The Hall–Kier alpha value is -2.08. The average molecular weight is 360 g/mol. The van der Waals surface area contributed by atoms with Crippen LogP contribution in [-0.2, 0) is 19.9 Å². The van der Waals surface area contributed by atoms with Gasteiger partial charge in [-0.3, -0.25) is 4.79 Å². The van der Waals surface area contributed by atoms with E-state index < -0.39 is 11.6 Å². The highest BCUT2D eigenvalue weighted by Crippen LogP contribution is 2.44. The fraction of sp³-hybridized carbons (Fsp3) is 0.600. The third-order valence-corrected chi connectivity index (χ3v) is 5.73. The highest BCUT2D eigenvalue weighted by atomic mass is 16.7. The van der Waals surface area contributed by atoms with Crippen molar-refractivity contribution in [3.05, 3.63) is 35.9 Å². The molecule has 0 spiro atoms. The SMILES string of the molecule is CN1CCC(COC(=O)N(OC=O)C2(c3ccccc3)CCCC2)CC1. The first kappa shape index (κ1) is 18.7. The van der Waals surface area contributed by atoms with Gasteiger partial charge in [-0.05, 0) is 57.3 Å². The Morgan fingerprint density at radius 3 is 2.50 bits per heavy atom. The molecule has 1 aromatic carbocycles. The van der Waals surface area contributed by atoms with Gasteiger partial charge in [-0.2, -0.15) is 0 Å². The number of hydrogen-bond acceptors (Lipinski definition) is 5. The van der Waals surface area contributed by atoms with Gasteiger partial charge in [0, 0.05) is 0 Å². The van der Waals surface area contributed by atoms with Crippen molar-refractivity contribution in [1.29, 1.82) is 0 Å². The van der Waals surface area contributed by atoms with Crippen LogP contribution < -0.4 is 0 Å². The fourth-order valence-electron chi connectivity index (χ4n) is 4.16. The second-order valence-electron chi connectivity index (χ2n) is 7.42. The Labute approximate surface area is 155 Å².